The first-order chi connectivity index (χ1) is 14.1. The van der Waals surface area contributed by atoms with E-state index in [1.54, 1.807) is 7.11 Å². The molecule has 1 amide bonds. The molecule has 0 aliphatic rings. The fourth-order valence-corrected chi connectivity index (χ4v) is 3.00. The van der Waals surface area contributed by atoms with E-state index < -0.39 is 0 Å². The lowest BCUT2D eigenvalue weighted by atomic mass is 10.1. The van der Waals surface area contributed by atoms with Gasteiger partial charge in [0.2, 0.25) is 17.6 Å². The van der Waals surface area contributed by atoms with E-state index in [0.717, 1.165) is 18.5 Å². The maximum atomic E-state index is 12.5. The number of hydrogen-bond acceptors (Lipinski definition) is 6. The van der Waals surface area contributed by atoms with Crippen molar-refractivity contribution in [1.82, 2.24) is 15.0 Å². The third-order valence-electron chi connectivity index (χ3n) is 4.42. The van der Waals surface area contributed by atoms with Gasteiger partial charge in [-0.2, -0.15) is 4.98 Å². The number of methoxy groups -OCH3 is 1. The highest BCUT2D eigenvalue weighted by molar-refractivity contribution is 5.93. The van der Waals surface area contributed by atoms with Gasteiger partial charge in [-0.15, -0.1) is 0 Å². The molecule has 0 radical (unpaired) electrons. The molecule has 29 heavy (non-hydrogen) atoms. The molecule has 7 nitrogen and oxygen atoms in total. The molecule has 3 rings (SSSR count). The van der Waals surface area contributed by atoms with Gasteiger partial charge in [0.15, 0.2) is 0 Å². The van der Waals surface area contributed by atoms with Crippen LogP contribution >= 0.6 is 0 Å². The number of amides is 1. The van der Waals surface area contributed by atoms with Crippen LogP contribution in [-0.2, 0) is 11.3 Å². The number of carbonyl (C=O) groups excluding carboxylic acids is 1. The maximum absolute atomic E-state index is 12.5. The van der Waals surface area contributed by atoms with E-state index in [4.69, 9.17) is 9.26 Å². The Balaban J connectivity index is 1.64. The van der Waals surface area contributed by atoms with E-state index in [2.05, 4.69) is 22.4 Å². The summed E-state index contributed by atoms with van der Waals surface area (Å²) in [6.45, 7) is 5.46. The average molecular weight is 394 g/mol. The predicted octanol–water partition coefficient (Wildman–Crippen LogP) is 3.90. The van der Waals surface area contributed by atoms with Crippen LogP contribution in [0, 0.1) is 6.92 Å². The molecule has 1 aromatic heterocycles. The molecule has 0 aliphatic carbocycles. The number of benzene rings is 2. The Hall–Kier alpha value is -3.19. The van der Waals surface area contributed by atoms with Crippen molar-refractivity contribution < 1.29 is 14.1 Å². The van der Waals surface area contributed by atoms with Crippen LogP contribution in [0.15, 0.2) is 53.1 Å². The third kappa shape index (κ3) is 5.65. The van der Waals surface area contributed by atoms with Gasteiger partial charge in [-0.25, -0.2) is 0 Å². The van der Waals surface area contributed by atoms with E-state index in [1.807, 2.05) is 60.4 Å². The van der Waals surface area contributed by atoms with Crippen molar-refractivity contribution in [2.24, 2.45) is 0 Å². The zero-order valence-corrected chi connectivity index (χ0v) is 17.0. The molecular weight excluding hydrogens is 368 g/mol. The summed E-state index contributed by atoms with van der Waals surface area (Å²) in [6.07, 6.45) is 0.904. The Kier molecular flexibility index (Phi) is 6.97. The second-order valence-electron chi connectivity index (χ2n) is 6.84. The molecule has 0 bridgehead atoms. The fraction of sp³-hybridized carbons (Fsp3) is 0.318. The first kappa shape index (κ1) is 20.5. The highest BCUT2D eigenvalue weighted by atomic mass is 16.5. The van der Waals surface area contributed by atoms with E-state index in [0.29, 0.717) is 29.7 Å². The molecule has 0 spiro atoms. The first-order valence-corrected chi connectivity index (χ1v) is 9.64. The summed E-state index contributed by atoms with van der Waals surface area (Å²) in [5.41, 5.74) is 2.73. The SMILES string of the molecule is CCCN(CC(=O)Nc1ccccc1OC)Cc1nc(-c2ccc(C)cc2)no1. The smallest absolute Gasteiger partial charge is 0.241 e. The minimum Gasteiger partial charge on any atom is -0.495 e. The molecule has 0 fully saturated rings. The largest absolute Gasteiger partial charge is 0.495 e. The molecule has 0 saturated heterocycles. The predicted molar refractivity (Wildman–Crippen MR) is 112 cm³/mol. The molecule has 0 unspecified atom stereocenters. The topological polar surface area (TPSA) is 80.5 Å². The van der Waals surface area contributed by atoms with Crippen LogP contribution in [0.1, 0.15) is 24.8 Å². The van der Waals surface area contributed by atoms with Crippen LogP contribution in [0.3, 0.4) is 0 Å². The van der Waals surface area contributed by atoms with Crippen LogP contribution in [0.2, 0.25) is 0 Å². The Morgan fingerprint density at radius 2 is 1.93 bits per heavy atom. The van der Waals surface area contributed by atoms with Gasteiger partial charge < -0.3 is 14.6 Å². The Bertz CT molecular complexity index is 937. The number of aromatic nitrogens is 2. The molecule has 2 aromatic carbocycles. The van der Waals surface area contributed by atoms with E-state index >= 15 is 0 Å². The van der Waals surface area contributed by atoms with E-state index in [-0.39, 0.29) is 12.5 Å². The molecule has 7 heteroatoms. The van der Waals surface area contributed by atoms with Gasteiger partial charge in [0.25, 0.3) is 0 Å². The van der Waals surface area contributed by atoms with Crippen molar-refractivity contribution in [2.75, 3.05) is 25.5 Å². The van der Waals surface area contributed by atoms with Gasteiger partial charge in [0.1, 0.15) is 5.75 Å². The van der Waals surface area contributed by atoms with E-state index in [9.17, 15) is 4.79 Å². The van der Waals surface area contributed by atoms with Crippen LogP contribution in [0.4, 0.5) is 5.69 Å². The Labute approximate surface area is 170 Å². The summed E-state index contributed by atoms with van der Waals surface area (Å²) in [7, 11) is 1.58. The summed E-state index contributed by atoms with van der Waals surface area (Å²) in [5, 5.41) is 6.97. The lowest BCUT2D eigenvalue weighted by Gasteiger charge is -2.19. The number of ether oxygens (including phenoxy) is 1. The number of aryl methyl sites for hydroxylation is 1. The van der Waals surface area contributed by atoms with Crippen molar-refractivity contribution in [1.29, 1.82) is 0 Å². The summed E-state index contributed by atoms with van der Waals surface area (Å²) >= 11 is 0. The lowest BCUT2D eigenvalue weighted by Crippen LogP contribution is -2.33. The number of anilines is 1. The zero-order valence-electron chi connectivity index (χ0n) is 17.0. The average Bonchev–Trinajstić information content (AvgIpc) is 3.17. The van der Waals surface area contributed by atoms with Gasteiger partial charge in [-0.05, 0) is 32.0 Å². The number of rotatable bonds is 9. The van der Waals surface area contributed by atoms with Crippen molar-refractivity contribution in [3.05, 3.63) is 60.0 Å². The van der Waals surface area contributed by atoms with Crippen molar-refractivity contribution in [3.63, 3.8) is 0 Å². The summed E-state index contributed by atoms with van der Waals surface area (Å²) in [4.78, 5) is 19.0. The monoisotopic (exact) mass is 394 g/mol. The van der Waals surface area contributed by atoms with Gasteiger partial charge >= 0.3 is 0 Å². The molecule has 3 aromatic rings. The van der Waals surface area contributed by atoms with Gasteiger partial charge in [-0.3, -0.25) is 9.69 Å². The molecule has 1 N–H and O–H groups in total. The molecule has 152 valence electrons. The highest BCUT2D eigenvalue weighted by Gasteiger charge is 2.16. The second kappa shape index (κ2) is 9.84. The van der Waals surface area contributed by atoms with E-state index in [1.165, 1.54) is 5.56 Å². The normalized spacial score (nSPS) is 10.9. The van der Waals surface area contributed by atoms with Crippen LogP contribution < -0.4 is 10.1 Å². The van der Waals surface area contributed by atoms with Gasteiger partial charge in [0, 0.05) is 5.56 Å². The molecular formula is C22H26N4O3. The summed E-state index contributed by atoms with van der Waals surface area (Å²) in [6, 6.07) is 15.3. The minimum absolute atomic E-state index is 0.124. The quantitative estimate of drug-likeness (QED) is 0.593. The molecule has 1 heterocycles. The van der Waals surface area contributed by atoms with Crippen molar-refractivity contribution in [3.8, 4) is 17.1 Å². The number of nitrogens with zero attached hydrogens (tertiary/aromatic N) is 3. The number of carbonyl (C=O) groups is 1. The highest BCUT2D eigenvalue weighted by Crippen LogP contribution is 2.23. The second-order valence-corrected chi connectivity index (χ2v) is 6.84. The number of hydrogen-bond donors (Lipinski definition) is 1. The first-order valence-electron chi connectivity index (χ1n) is 9.64. The van der Waals surface area contributed by atoms with Crippen molar-refractivity contribution >= 4 is 11.6 Å². The molecule has 0 saturated carbocycles. The molecule has 0 atom stereocenters. The molecule has 0 aliphatic heterocycles. The Morgan fingerprint density at radius 3 is 2.66 bits per heavy atom. The zero-order chi connectivity index (χ0) is 20.6. The lowest BCUT2D eigenvalue weighted by molar-refractivity contribution is -0.117. The summed E-state index contributed by atoms with van der Waals surface area (Å²) < 4.78 is 10.7. The number of nitrogens with one attached hydrogen (secondary N) is 1. The Morgan fingerprint density at radius 1 is 1.17 bits per heavy atom. The fourth-order valence-electron chi connectivity index (χ4n) is 3.00. The van der Waals surface area contributed by atoms with Crippen LogP contribution in [-0.4, -0.2) is 41.1 Å². The van der Waals surface area contributed by atoms with Gasteiger partial charge in [-0.1, -0.05) is 54.0 Å². The van der Waals surface area contributed by atoms with Crippen LogP contribution in [0.5, 0.6) is 5.75 Å². The van der Waals surface area contributed by atoms with Crippen molar-refractivity contribution in [2.45, 2.75) is 26.8 Å². The number of para-hydroxylation sites is 2. The third-order valence-corrected chi connectivity index (χ3v) is 4.42. The minimum atomic E-state index is -0.124. The summed E-state index contributed by atoms with van der Waals surface area (Å²) in [5.74, 6) is 1.54. The standard InChI is InChI=1S/C22H26N4O3/c1-4-13-26(14-20(27)23-18-7-5-6-8-19(18)28-3)15-21-24-22(25-29-21)17-11-9-16(2)10-12-17/h5-12H,4,13-15H2,1-3H3,(H,23,27). The van der Waals surface area contributed by atoms with Crippen LogP contribution in [0.25, 0.3) is 11.4 Å². The van der Waals surface area contributed by atoms with Gasteiger partial charge in [0.05, 0.1) is 25.9 Å². The maximum Gasteiger partial charge on any atom is 0.241 e.